The van der Waals surface area contributed by atoms with Gasteiger partial charge < -0.3 is 4.43 Å². The number of hydrogen-bond acceptors (Lipinski definition) is 3. The molecular weight excluding hydrogens is 312 g/mol. The third-order valence-electron chi connectivity index (χ3n) is 4.22. The van der Waals surface area contributed by atoms with Crippen LogP contribution in [0.2, 0.25) is 18.1 Å². The molecule has 0 N–H and O–H groups in total. The molecular formula is C17H28O3SSi. The molecule has 0 bridgehead atoms. The van der Waals surface area contributed by atoms with E-state index in [1.165, 1.54) is 0 Å². The summed E-state index contributed by atoms with van der Waals surface area (Å²) in [6, 6.07) is 8.55. The Morgan fingerprint density at radius 1 is 1.18 bits per heavy atom. The Balaban J connectivity index is 2.68. The first-order chi connectivity index (χ1) is 9.96. The fourth-order valence-electron chi connectivity index (χ4n) is 1.55. The lowest BCUT2D eigenvalue weighted by atomic mass is 10.2. The Hall–Kier alpha value is -0.913. The molecule has 124 valence electrons. The average Bonchev–Trinajstić information content (AvgIpc) is 2.43. The van der Waals surface area contributed by atoms with Crippen molar-refractivity contribution in [1.29, 1.82) is 0 Å². The second-order valence-corrected chi connectivity index (χ2v) is 14.0. The van der Waals surface area contributed by atoms with Gasteiger partial charge in [0.05, 0.1) is 17.3 Å². The van der Waals surface area contributed by atoms with Crippen LogP contribution in [0.3, 0.4) is 0 Å². The number of rotatable bonds is 6. The van der Waals surface area contributed by atoms with E-state index in [0.717, 1.165) is 5.57 Å². The maximum absolute atomic E-state index is 12.2. The van der Waals surface area contributed by atoms with Gasteiger partial charge in [-0.1, -0.05) is 50.6 Å². The monoisotopic (exact) mass is 340 g/mol. The summed E-state index contributed by atoms with van der Waals surface area (Å²) in [6.45, 7) is 13.4. The fourth-order valence-corrected chi connectivity index (χ4v) is 3.84. The van der Waals surface area contributed by atoms with E-state index in [-0.39, 0.29) is 10.8 Å². The van der Waals surface area contributed by atoms with Crippen molar-refractivity contribution in [3.05, 3.63) is 42.0 Å². The fraction of sp³-hybridized carbons (Fsp3) is 0.529. The zero-order valence-corrected chi connectivity index (χ0v) is 16.3. The third-order valence-corrected chi connectivity index (χ3v) is 10.3. The molecule has 0 aliphatic carbocycles. The molecule has 5 heteroatoms. The molecule has 1 rings (SSSR count). The van der Waals surface area contributed by atoms with Gasteiger partial charge in [0.2, 0.25) is 0 Å². The number of benzene rings is 1. The molecule has 0 aliphatic rings. The Morgan fingerprint density at radius 3 is 2.23 bits per heavy atom. The highest BCUT2D eigenvalue weighted by Crippen LogP contribution is 2.36. The molecule has 0 spiro atoms. The van der Waals surface area contributed by atoms with Crippen LogP contribution < -0.4 is 0 Å². The predicted molar refractivity (Wildman–Crippen MR) is 95.4 cm³/mol. The predicted octanol–water partition coefficient (Wildman–Crippen LogP) is 4.43. The minimum absolute atomic E-state index is 0.0176. The van der Waals surface area contributed by atoms with Crippen molar-refractivity contribution in [3.8, 4) is 0 Å². The van der Waals surface area contributed by atoms with Crippen LogP contribution in [0.5, 0.6) is 0 Å². The molecule has 0 aliphatic heterocycles. The molecule has 22 heavy (non-hydrogen) atoms. The Morgan fingerprint density at radius 2 is 1.73 bits per heavy atom. The molecule has 0 saturated heterocycles. The van der Waals surface area contributed by atoms with Crippen molar-refractivity contribution < 1.29 is 12.8 Å². The Kier molecular flexibility index (Phi) is 6.18. The van der Waals surface area contributed by atoms with Crippen LogP contribution in [0.4, 0.5) is 0 Å². The number of hydrogen-bond donors (Lipinski definition) is 0. The van der Waals surface area contributed by atoms with Crippen LogP contribution in [0.15, 0.2) is 46.9 Å². The molecule has 0 amide bonds. The zero-order chi connectivity index (χ0) is 17.0. The summed E-state index contributed by atoms with van der Waals surface area (Å²) in [5.74, 6) is 0.0176. The van der Waals surface area contributed by atoms with Gasteiger partial charge in [-0.25, -0.2) is 8.42 Å². The molecule has 0 saturated carbocycles. The van der Waals surface area contributed by atoms with Gasteiger partial charge in [0.1, 0.15) is 0 Å². The van der Waals surface area contributed by atoms with E-state index in [0.29, 0.717) is 11.5 Å². The summed E-state index contributed by atoms with van der Waals surface area (Å²) >= 11 is 0. The molecule has 0 atom stereocenters. The van der Waals surface area contributed by atoms with Crippen LogP contribution in [0.1, 0.15) is 27.7 Å². The molecule has 1 aromatic carbocycles. The number of sulfone groups is 1. The van der Waals surface area contributed by atoms with Crippen LogP contribution in [0.25, 0.3) is 0 Å². The first-order valence-corrected chi connectivity index (χ1v) is 12.1. The van der Waals surface area contributed by atoms with E-state index in [2.05, 4.69) is 33.9 Å². The van der Waals surface area contributed by atoms with E-state index in [4.69, 9.17) is 4.43 Å². The SMILES string of the molecule is C/C(=C\CS(=O)(=O)c1ccccc1)CO[Si](C)(C)C(C)(C)C. The van der Waals surface area contributed by atoms with Crippen LogP contribution in [-0.4, -0.2) is 29.1 Å². The minimum Gasteiger partial charge on any atom is -0.413 e. The summed E-state index contributed by atoms with van der Waals surface area (Å²) in [5.41, 5.74) is 0.962. The highest BCUT2D eigenvalue weighted by Gasteiger charge is 2.36. The van der Waals surface area contributed by atoms with E-state index >= 15 is 0 Å². The summed E-state index contributed by atoms with van der Waals surface area (Å²) in [4.78, 5) is 0.365. The van der Waals surface area contributed by atoms with Crippen molar-refractivity contribution in [2.24, 2.45) is 0 Å². The second kappa shape index (κ2) is 7.11. The van der Waals surface area contributed by atoms with E-state index in [1.807, 2.05) is 13.0 Å². The van der Waals surface area contributed by atoms with Gasteiger partial charge in [-0.05, 0) is 37.2 Å². The molecule has 0 radical (unpaired) electrons. The highest BCUT2D eigenvalue weighted by molar-refractivity contribution is 7.91. The van der Waals surface area contributed by atoms with Crippen molar-refractivity contribution in [2.45, 2.75) is 50.7 Å². The van der Waals surface area contributed by atoms with E-state index in [9.17, 15) is 8.42 Å². The molecule has 0 aromatic heterocycles. The van der Waals surface area contributed by atoms with Crippen molar-refractivity contribution in [3.63, 3.8) is 0 Å². The smallest absolute Gasteiger partial charge is 0.192 e. The maximum Gasteiger partial charge on any atom is 0.192 e. The minimum atomic E-state index is -3.26. The van der Waals surface area contributed by atoms with Gasteiger partial charge in [-0.2, -0.15) is 0 Å². The van der Waals surface area contributed by atoms with Gasteiger partial charge in [-0.15, -0.1) is 0 Å². The first kappa shape index (κ1) is 19.1. The maximum atomic E-state index is 12.2. The van der Waals surface area contributed by atoms with Crippen LogP contribution in [0, 0.1) is 0 Å². The molecule has 0 heterocycles. The zero-order valence-electron chi connectivity index (χ0n) is 14.5. The lowest BCUT2D eigenvalue weighted by molar-refractivity contribution is 0.318. The molecule has 0 unspecified atom stereocenters. The topological polar surface area (TPSA) is 43.4 Å². The first-order valence-electron chi connectivity index (χ1n) is 7.53. The standard InChI is InChI=1S/C17H28O3SSi/c1-15(14-20-22(5,6)17(2,3)4)12-13-21(18,19)16-10-8-7-9-11-16/h7-12H,13-14H2,1-6H3/b15-12+. The van der Waals surface area contributed by atoms with Crippen molar-refractivity contribution >= 4 is 18.2 Å². The van der Waals surface area contributed by atoms with E-state index < -0.39 is 18.2 Å². The van der Waals surface area contributed by atoms with Crippen molar-refractivity contribution in [2.75, 3.05) is 12.4 Å². The summed E-state index contributed by atoms with van der Waals surface area (Å²) in [7, 11) is -5.05. The third kappa shape index (κ3) is 5.37. The lowest BCUT2D eigenvalue weighted by Crippen LogP contribution is -2.41. The molecule has 0 fully saturated rings. The second-order valence-electron chi connectivity index (χ2n) is 7.19. The van der Waals surface area contributed by atoms with Gasteiger partial charge in [0.25, 0.3) is 0 Å². The largest absolute Gasteiger partial charge is 0.413 e. The van der Waals surface area contributed by atoms with Gasteiger partial charge in [-0.3, -0.25) is 0 Å². The van der Waals surface area contributed by atoms with E-state index in [1.54, 1.807) is 30.3 Å². The summed E-state index contributed by atoms with van der Waals surface area (Å²) < 4.78 is 30.5. The Labute approximate surface area is 136 Å². The summed E-state index contributed by atoms with van der Waals surface area (Å²) in [6.07, 6.45) is 1.76. The van der Waals surface area contributed by atoms with Crippen molar-refractivity contribution in [1.82, 2.24) is 0 Å². The van der Waals surface area contributed by atoms with Gasteiger partial charge in [0, 0.05) is 0 Å². The van der Waals surface area contributed by atoms with Gasteiger partial charge in [0.15, 0.2) is 18.2 Å². The highest BCUT2D eigenvalue weighted by atomic mass is 32.2. The molecule has 3 nitrogen and oxygen atoms in total. The average molecular weight is 341 g/mol. The Bertz CT molecular complexity index is 611. The van der Waals surface area contributed by atoms with Gasteiger partial charge >= 0.3 is 0 Å². The van der Waals surface area contributed by atoms with Crippen LogP contribution in [-0.2, 0) is 14.3 Å². The molecule has 1 aromatic rings. The van der Waals surface area contributed by atoms with Crippen LogP contribution >= 0.6 is 0 Å². The lowest BCUT2D eigenvalue weighted by Gasteiger charge is -2.36. The normalized spacial score (nSPS) is 14.2. The quantitative estimate of drug-likeness (QED) is 0.568. The summed E-state index contributed by atoms with van der Waals surface area (Å²) in [5, 5.41) is 0.156.